The molecule has 1 aliphatic carbocycles. The first-order valence-corrected chi connectivity index (χ1v) is 8.19. The smallest absolute Gasteiger partial charge is 0.288 e. The number of rotatable bonds is 4. The Kier molecular flexibility index (Phi) is 4.72. The third-order valence-electron chi connectivity index (χ3n) is 4.43. The fourth-order valence-electron chi connectivity index (χ4n) is 3.05. The van der Waals surface area contributed by atoms with Crippen LogP contribution in [0.1, 0.15) is 42.6 Å². The molecule has 0 unspecified atom stereocenters. The van der Waals surface area contributed by atoms with Gasteiger partial charge in [-0.15, -0.1) is 0 Å². The number of hydrogen-bond acceptors (Lipinski definition) is 7. The van der Waals surface area contributed by atoms with Gasteiger partial charge in [0.1, 0.15) is 0 Å². The molecule has 2 heterocycles. The summed E-state index contributed by atoms with van der Waals surface area (Å²) >= 11 is 0. The van der Waals surface area contributed by atoms with Gasteiger partial charge in [-0.3, -0.25) is 19.5 Å². The molecule has 2 aromatic rings. The van der Waals surface area contributed by atoms with Gasteiger partial charge in [0.15, 0.2) is 0 Å². The van der Waals surface area contributed by atoms with E-state index < -0.39 is 17.2 Å². The summed E-state index contributed by atoms with van der Waals surface area (Å²) in [6.07, 6.45) is 5.32. The van der Waals surface area contributed by atoms with Crippen molar-refractivity contribution in [3.63, 3.8) is 0 Å². The SMILES string of the molecule is Cn1nnnc1NC(=O)c1nn(C)c(=O)n(CC2CCCCC2)c1=O. The molecule has 1 fully saturated rings. The molecule has 0 aliphatic heterocycles. The summed E-state index contributed by atoms with van der Waals surface area (Å²) in [7, 11) is 2.96. The van der Waals surface area contributed by atoms with Crippen LogP contribution in [0.15, 0.2) is 9.59 Å². The number of nitrogens with one attached hydrogen (secondary N) is 1. The highest BCUT2D eigenvalue weighted by molar-refractivity contribution is 6.01. The van der Waals surface area contributed by atoms with E-state index in [-0.39, 0.29) is 17.6 Å². The van der Waals surface area contributed by atoms with Crippen LogP contribution in [0.4, 0.5) is 5.95 Å². The molecule has 0 atom stereocenters. The van der Waals surface area contributed by atoms with Gasteiger partial charge in [-0.25, -0.2) is 14.2 Å². The highest BCUT2D eigenvalue weighted by Gasteiger charge is 2.22. The maximum atomic E-state index is 12.6. The van der Waals surface area contributed by atoms with E-state index in [9.17, 15) is 14.4 Å². The largest absolute Gasteiger partial charge is 0.347 e. The Morgan fingerprint density at radius 1 is 1.16 bits per heavy atom. The van der Waals surface area contributed by atoms with Crippen LogP contribution in [0.25, 0.3) is 0 Å². The maximum Gasteiger partial charge on any atom is 0.347 e. The fourth-order valence-corrected chi connectivity index (χ4v) is 3.05. The lowest BCUT2D eigenvalue weighted by Crippen LogP contribution is -2.45. The molecule has 1 N–H and O–H groups in total. The van der Waals surface area contributed by atoms with Crippen molar-refractivity contribution in [2.24, 2.45) is 20.0 Å². The lowest BCUT2D eigenvalue weighted by atomic mass is 9.89. The standard InChI is InChI=1S/C14H20N8O3/c1-20-13(16-18-19-20)15-11(23)10-12(24)22(14(25)21(2)17-10)8-9-6-4-3-5-7-9/h9H,3-8H2,1-2H3,(H,15,16,19,23). The van der Waals surface area contributed by atoms with Crippen LogP contribution < -0.4 is 16.6 Å². The van der Waals surface area contributed by atoms with Crippen molar-refractivity contribution < 1.29 is 4.79 Å². The molecular weight excluding hydrogens is 328 g/mol. The minimum atomic E-state index is -0.754. The number of tetrazole rings is 1. The van der Waals surface area contributed by atoms with Crippen molar-refractivity contribution in [3.05, 3.63) is 26.5 Å². The van der Waals surface area contributed by atoms with E-state index in [0.717, 1.165) is 34.9 Å². The second-order valence-corrected chi connectivity index (χ2v) is 6.25. The monoisotopic (exact) mass is 348 g/mol. The van der Waals surface area contributed by atoms with Gasteiger partial charge < -0.3 is 0 Å². The predicted octanol–water partition coefficient (Wildman–Crippen LogP) is -0.702. The lowest BCUT2D eigenvalue weighted by molar-refractivity contribution is 0.101. The average molecular weight is 348 g/mol. The van der Waals surface area contributed by atoms with Gasteiger partial charge >= 0.3 is 5.69 Å². The number of carbonyl (C=O) groups excluding carboxylic acids is 1. The van der Waals surface area contributed by atoms with Gasteiger partial charge in [0.05, 0.1) is 0 Å². The maximum absolute atomic E-state index is 12.6. The minimum Gasteiger partial charge on any atom is -0.288 e. The Balaban J connectivity index is 1.92. The van der Waals surface area contributed by atoms with Gasteiger partial charge in [0.2, 0.25) is 11.6 Å². The topological polar surface area (TPSA) is 130 Å². The third kappa shape index (κ3) is 3.49. The van der Waals surface area contributed by atoms with E-state index >= 15 is 0 Å². The molecule has 0 radical (unpaired) electrons. The summed E-state index contributed by atoms with van der Waals surface area (Å²) in [5.41, 5.74) is -1.57. The third-order valence-corrected chi connectivity index (χ3v) is 4.43. The van der Waals surface area contributed by atoms with E-state index in [4.69, 9.17) is 0 Å². The summed E-state index contributed by atoms with van der Waals surface area (Å²) in [6, 6.07) is 0. The summed E-state index contributed by atoms with van der Waals surface area (Å²) in [5, 5.41) is 16.9. The Morgan fingerprint density at radius 2 is 1.88 bits per heavy atom. The Labute approximate surface area is 142 Å². The molecule has 11 nitrogen and oxygen atoms in total. The number of anilines is 1. The molecule has 134 valence electrons. The van der Waals surface area contributed by atoms with Crippen molar-refractivity contribution in [1.29, 1.82) is 0 Å². The van der Waals surface area contributed by atoms with E-state index in [0.29, 0.717) is 6.54 Å². The number of hydrogen-bond donors (Lipinski definition) is 1. The molecule has 0 bridgehead atoms. The first-order valence-electron chi connectivity index (χ1n) is 8.19. The van der Waals surface area contributed by atoms with Crippen LogP contribution in [0.5, 0.6) is 0 Å². The van der Waals surface area contributed by atoms with Crippen molar-refractivity contribution >= 4 is 11.9 Å². The van der Waals surface area contributed by atoms with Crippen LogP contribution in [0.3, 0.4) is 0 Å². The van der Waals surface area contributed by atoms with Crippen molar-refractivity contribution in [2.45, 2.75) is 38.6 Å². The van der Waals surface area contributed by atoms with Crippen LogP contribution in [-0.2, 0) is 20.6 Å². The first kappa shape index (κ1) is 17.0. The molecule has 1 aliphatic rings. The van der Waals surface area contributed by atoms with Gasteiger partial charge in [0, 0.05) is 20.6 Å². The van der Waals surface area contributed by atoms with Crippen molar-refractivity contribution in [2.75, 3.05) is 5.32 Å². The zero-order valence-corrected chi connectivity index (χ0v) is 14.2. The summed E-state index contributed by atoms with van der Waals surface area (Å²) in [6.45, 7) is 0.305. The molecule has 11 heteroatoms. The number of nitrogens with zero attached hydrogens (tertiary/aromatic N) is 7. The zero-order valence-electron chi connectivity index (χ0n) is 14.2. The van der Waals surface area contributed by atoms with Crippen LogP contribution in [0, 0.1) is 5.92 Å². The van der Waals surface area contributed by atoms with Crippen molar-refractivity contribution in [1.82, 2.24) is 34.6 Å². The van der Waals surface area contributed by atoms with Crippen LogP contribution in [-0.4, -0.2) is 40.5 Å². The molecule has 3 rings (SSSR count). The molecule has 0 aromatic carbocycles. The lowest BCUT2D eigenvalue weighted by Gasteiger charge is -2.22. The summed E-state index contributed by atoms with van der Waals surface area (Å²) in [4.78, 5) is 37.3. The first-order chi connectivity index (χ1) is 12.0. The van der Waals surface area contributed by atoms with E-state index in [1.807, 2.05) is 0 Å². The Morgan fingerprint density at radius 3 is 2.52 bits per heavy atom. The van der Waals surface area contributed by atoms with E-state index in [1.54, 1.807) is 7.05 Å². The molecule has 0 saturated heterocycles. The molecular formula is C14H20N8O3. The fraction of sp³-hybridized carbons (Fsp3) is 0.643. The average Bonchev–Trinajstić information content (AvgIpc) is 3.00. The van der Waals surface area contributed by atoms with E-state index in [1.165, 1.54) is 18.2 Å². The normalized spacial score (nSPS) is 15.3. The summed E-state index contributed by atoms with van der Waals surface area (Å²) in [5.74, 6) is -0.407. The predicted molar refractivity (Wildman–Crippen MR) is 87.1 cm³/mol. The van der Waals surface area contributed by atoms with Crippen LogP contribution >= 0.6 is 0 Å². The number of carbonyl (C=O) groups is 1. The molecule has 0 spiro atoms. The molecule has 25 heavy (non-hydrogen) atoms. The number of aryl methyl sites for hydroxylation is 2. The van der Waals surface area contributed by atoms with Crippen LogP contribution in [0.2, 0.25) is 0 Å². The number of amides is 1. The van der Waals surface area contributed by atoms with E-state index in [2.05, 4.69) is 25.9 Å². The molecule has 1 saturated carbocycles. The van der Waals surface area contributed by atoms with Gasteiger partial charge in [-0.2, -0.15) is 5.10 Å². The van der Waals surface area contributed by atoms with Gasteiger partial charge in [-0.1, -0.05) is 24.4 Å². The van der Waals surface area contributed by atoms with Gasteiger partial charge in [-0.05, 0) is 29.2 Å². The zero-order chi connectivity index (χ0) is 18.0. The molecule has 1 amide bonds. The Hall–Kier alpha value is -2.85. The van der Waals surface area contributed by atoms with Crippen molar-refractivity contribution in [3.8, 4) is 0 Å². The quantitative estimate of drug-likeness (QED) is 0.773. The Bertz CT molecular complexity index is 890. The highest BCUT2D eigenvalue weighted by Crippen LogP contribution is 2.24. The second-order valence-electron chi connectivity index (χ2n) is 6.25. The number of aromatic nitrogens is 7. The molecule has 2 aromatic heterocycles. The van der Waals surface area contributed by atoms with Gasteiger partial charge in [0.25, 0.3) is 11.5 Å². The highest BCUT2D eigenvalue weighted by atomic mass is 16.2. The minimum absolute atomic E-state index is 0.0823. The summed E-state index contributed by atoms with van der Waals surface area (Å²) < 4.78 is 3.36. The second kappa shape index (κ2) is 6.95.